The molecule has 3 amide bonds. The van der Waals surface area contributed by atoms with Crippen molar-refractivity contribution < 1.29 is 14.4 Å². The van der Waals surface area contributed by atoms with Gasteiger partial charge in [-0.05, 0) is 22.6 Å². The fourth-order valence-electron chi connectivity index (χ4n) is 2.16. The quantitative estimate of drug-likeness (QED) is 0.734. The Morgan fingerprint density at radius 2 is 1.82 bits per heavy atom. The van der Waals surface area contributed by atoms with Gasteiger partial charge in [0.25, 0.3) is 11.8 Å². The summed E-state index contributed by atoms with van der Waals surface area (Å²) in [6.07, 6.45) is 0. The van der Waals surface area contributed by atoms with E-state index in [9.17, 15) is 14.4 Å². The number of hydrogen-bond acceptors (Lipinski definition) is 6. The van der Waals surface area contributed by atoms with Crippen LogP contribution in [0.15, 0.2) is 24.3 Å². The lowest BCUT2D eigenvalue weighted by Crippen LogP contribution is -2.40. The van der Waals surface area contributed by atoms with E-state index in [4.69, 9.17) is 0 Å². The van der Waals surface area contributed by atoms with Crippen LogP contribution in [0.2, 0.25) is 0 Å². The van der Waals surface area contributed by atoms with E-state index in [1.807, 2.05) is 0 Å². The first-order valence-electron chi connectivity index (χ1n) is 6.51. The average Bonchev–Trinajstić information content (AvgIpc) is 3.03. The first-order valence-corrected chi connectivity index (χ1v) is 6.51. The van der Waals surface area contributed by atoms with Crippen LogP contribution in [-0.2, 0) is 18.4 Å². The Kier molecular flexibility index (Phi) is 3.37. The molecule has 9 nitrogen and oxygen atoms in total. The third kappa shape index (κ3) is 2.32. The second-order valence-electron chi connectivity index (χ2n) is 4.74. The molecular formula is C13H12N6O3. The SMILES string of the molecule is Cn1nnnc1CNC(=O)CN1C(=O)c2ccccc2C1=O. The molecule has 0 bridgehead atoms. The van der Waals surface area contributed by atoms with E-state index in [0.29, 0.717) is 17.0 Å². The third-order valence-corrected chi connectivity index (χ3v) is 3.33. The van der Waals surface area contributed by atoms with Crippen molar-refractivity contribution in [3.63, 3.8) is 0 Å². The molecule has 1 N–H and O–H groups in total. The zero-order valence-electron chi connectivity index (χ0n) is 11.7. The van der Waals surface area contributed by atoms with Gasteiger partial charge in [0.1, 0.15) is 6.54 Å². The van der Waals surface area contributed by atoms with Gasteiger partial charge >= 0.3 is 0 Å². The summed E-state index contributed by atoms with van der Waals surface area (Å²) in [6, 6.07) is 6.49. The van der Waals surface area contributed by atoms with E-state index in [1.54, 1.807) is 31.3 Å². The van der Waals surface area contributed by atoms with Crippen molar-refractivity contribution in [3.05, 3.63) is 41.2 Å². The number of nitrogens with one attached hydrogen (secondary N) is 1. The van der Waals surface area contributed by atoms with Gasteiger partial charge in [-0.1, -0.05) is 12.1 Å². The summed E-state index contributed by atoms with van der Waals surface area (Å²) in [5, 5.41) is 13.4. The highest BCUT2D eigenvalue weighted by Crippen LogP contribution is 2.21. The van der Waals surface area contributed by atoms with Crippen molar-refractivity contribution >= 4 is 17.7 Å². The molecule has 1 aromatic heterocycles. The third-order valence-electron chi connectivity index (χ3n) is 3.33. The molecule has 2 heterocycles. The van der Waals surface area contributed by atoms with Gasteiger partial charge < -0.3 is 5.32 Å². The van der Waals surface area contributed by atoms with Gasteiger partial charge in [-0.25, -0.2) is 4.68 Å². The molecule has 1 aromatic carbocycles. The number of carbonyl (C=O) groups is 3. The van der Waals surface area contributed by atoms with Crippen molar-refractivity contribution in [2.75, 3.05) is 6.54 Å². The molecule has 2 aromatic rings. The normalized spacial score (nSPS) is 13.4. The maximum Gasteiger partial charge on any atom is 0.262 e. The number of aromatic nitrogens is 4. The summed E-state index contributed by atoms with van der Waals surface area (Å²) in [5.41, 5.74) is 0.635. The lowest BCUT2D eigenvalue weighted by Gasteiger charge is -2.13. The van der Waals surface area contributed by atoms with E-state index >= 15 is 0 Å². The van der Waals surface area contributed by atoms with Gasteiger partial charge in [-0.2, -0.15) is 0 Å². The summed E-state index contributed by atoms with van der Waals surface area (Å²) in [7, 11) is 1.64. The standard InChI is InChI=1S/C13H12N6O3/c1-18-10(15-16-17-18)6-14-11(20)7-19-12(21)8-4-2-3-5-9(8)13(19)22/h2-5H,6-7H2,1H3,(H,14,20). The van der Waals surface area contributed by atoms with Gasteiger partial charge in [0, 0.05) is 7.05 Å². The molecule has 0 atom stereocenters. The minimum Gasteiger partial charge on any atom is -0.347 e. The highest BCUT2D eigenvalue weighted by atomic mass is 16.2. The second kappa shape index (κ2) is 5.35. The number of aryl methyl sites for hydroxylation is 1. The molecule has 1 aliphatic heterocycles. The fraction of sp³-hybridized carbons (Fsp3) is 0.231. The van der Waals surface area contributed by atoms with Gasteiger partial charge in [0.15, 0.2) is 5.82 Å². The molecule has 9 heteroatoms. The van der Waals surface area contributed by atoms with Crippen LogP contribution in [0.4, 0.5) is 0 Å². The van der Waals surface area contributed by atoms with E-state index < -0.39 is 17.7 Å². The number of hydrogen-bond donors (Lipinski definition) is 1. The van der Waals surface area contributed by atoms with Crippen LogP contribution in [0.25, 0.3) is 0 Å². The maximum atomic E-state index is 12.1. The van der Waals surface area contributed by atoms with Crippen molar-refractivity contribution in [3.8, 4) is 0 Å². The van der Waals surface area contributed by atoms with Crippen molar-refractivity contribution in [1.82, 2.24) is 30.4 Å². The number of rotatable bonds is 4. The zero-order valence-corrected chi connectivity index (χ0v) is 11.7. The van der Waals surface area contributed by atoms with Gasteiger partial charge in [0.05, 0.1) is 17.7 Å². The minimum absolute atomic E-state index is 0.117. The topological polar surface area (TPSA) is 110 Å². The van der Waals surface area contributed by atoms with Crippen molar-refractivity contribution in [2.45, 2.75) is 6.54 Å². The largest absolute Gasteiger partial charge is 0.347 e. The van der Waals surface area contributed by atoms with Crippen LogP contribution in [0.5, 0.6) is 0 Å². The number of fused-ring (bicyclic) bond motifs is 1. The Morgan fingerprint density at radius 1 is 1.18 bits per heavy atom. The number of tetrazole rings is 1. The lowest BCUT2D eigenvalue weighted by molar-refractivity contribution is -0.121. The monoisotopic (exact) mass is 300 g/mol. The predicted octanol–water partition coefficient (Wildman–Crippen LogP) is -0.877. The Labute approximate surface area is 124 Å². The maximum absolute atomic E-state index is 12.1. The molecule has 0 saturated heterocycles. The summed E-state index contributed by atoms with van der Waals surface area (Å²) >= 11 is 0. The van der Waals surface area contributed by atoms with Gasteiger partial charge in [-0.3, -0.25) is 19.3 Å². The van der Waals surface area contributed by atoms with E-state index in [1.165, 1.54) is 4.68 Å². The number of nitrogens with zero attached hydrogens (tertiary/aromatic N) is 5. The van der Waals surface area contributed by atoms with Crippen molar-refractivity contribution in [1.29, 1.82) is 0 Å². The molecule has 0 radical (unpaired) electrons. The minimum atomic E-state index is -0.462. The van der Waals surface area contributed by atoms with Crippen LogP contribution in [0.3, 0.4) is 0 Å². The van der Waals surface area contributed by atoms with Crippen LogP contribution in [-0.4, -0.2) is 49.4 Å². The van der Waals surface area contributed by atoms with Crippen LogP contribution >= 0.6 is 0 Å². The molecule has 0 aliphatic carbocycles. The summed E-state index contributed by atoms with van der Waals surface area (Å²) < 4.78 is 1.42. The summed E-state index contributed by atoms with van der Waals surface area (Å²) in [4.78, 5) is 37.1. The van der Waals surface area contributed by atoms with Crippen molar-refractivity contribution in [2.24, 2.45) is 7.05 Å². The molecule has 0 saturated carbocycles. The Hall–Kier alpha value is -3.10. The molecule has 0 unspecified atom stereocenters. The summed E-state index contributed by atoms with van der Waals surface area (Å²) in [6.45, 7) is -0.219. The lowest BCUT2D eigenvalue weighted by atomic mass is 10.1. The first-order chi connectivity index (χ1) is 10.6. The molecule has 0 fully saturated rings. The van der Waals surface area contributed by atoms with Crippen LogP contribution < -0.4 is 5.32 Å². The highest BCUT2D eigenvalue weighted by Gasteiger charge is 2.36. The molecule has 22 heavy (non-hydrogen) atoms. The zero-order chi connectivity index (χ0) is 15.7. The first kappa shape index (κ1) is 13.9. The second-order valence-corrected chi connectivity index (χ2v) is 4.74. The van der Waals surface area contributed by atoms with Gasteiger partial charge in [-0.15, -0.1) is 5.10 Å². The number of carbonyl (C=O) groups excluding carboxylic acids is 3. The molecule has 1 aliphatic rings. The number of amides is 3. The number of benzene rings is 1. The average molecular weight is 300 g/mol. The Balaban J connectivity index is 1.64. The molecule has 3 rings (SSSR count). The van der Waals surface area contributed by atoms with E-state index in [0.717, 1.165) is 4.90 Å². The molecule has 112 valence electrons. The molecular weight excluding hydrogens is 288 g/mol. The Morgan fingerprint density at radius 3 is 2.36 bits per heavy atom. The fourth-order valence-corrected chi connectivity index (χ4v) is 2.16. The molecule has 0 spiro atoms. The Bertz CT molecular complexity index is 734. The van der Waals surface area contributed by atoms with Crippen LogP contribution in [0.1, 0.15) is 26.5 Å². The van der Waals surface area contributed by atoms with E-state index in [-0.39, 0.29) is 13.1 Å². The smallest absolute Gasteiger partial charge is 0.262 e. The van der Waals surface area contributed by atoms with E-state index in [2.05, 4.69) is 20.8 Å². The summed E-state index contributed by atoms with van der Waals surface area (Å²) in [5.74, 6) is -0.916. The highest BCUT2D eigenvalue weighted by molar-refractivity contribution is 6.22. The van der Waals surface area contributed by atoms with Gasteiger partial charge in [0.2, 0.25) is 5.91 Å². The van der Waals surface area contributed by atoms with Crippen LogP contribution in [0, 0.1) is 0 Å². The number of imide groups is 1. The predicted molar refractivity (Wildman–Crippen MR) is 72.5 cm³/mol.